The number of hydrogen-bond acceptors (Lipinski definition) is 2. The van der Waals surface area contributed by atoms with E-state index in [-0.39, 0.29) is 5.75 Å². The lowest BCUT2D eigenvalue weighted by Gasteiger charge is -2.07. The monoisotopic (exact) mass is 282 g/mol. The van der Waals surface area contributed by atoms with Gasteiger partial charge >= 0.3 is 0 Å². The Hall–Kier alpha value is -2.22. The lowest BCUT2D eigenvalue weighted by molar-refractivity contribution is 0.304. The van der Waals surface area contributed by atoms with Crippen molar-refractivity contribution in [2.45, 2.75) is 26.2 Å². The molecule has 0 aliphatic carbocycles. The molecule has 0 saturated heterocycles. The topological polar surface area (TPSA) is 29.5 Å². The summed E-state index contributed by atoms with van der Waals surface area (Å²) in [5.41, 5.74) is 2.07. The smallest absolute Gasteiger partial charge is 0.123 e. The molecule has 2 aromatic carbocycles. The molecule has 0 saturated carbocycles. The van der Waals surface area contributed by atoms with E-state index in [0.717, 1.165) is 23.3 Å². The molecule has 2 aromatic rings. The Bertz CT molecular complexity index is 573. The quantitative estimate of drug-likeness (QED) is 0.563. The summed E-state index contributed by atoms with van der Waals surface area (Å²) in [5.74, 6) is 0.953. The second-order valence-electron chi connectivity index (χ2n) is 5.06. The van der Waals surface area contributed by atoms with Crippen molar-refractivity contribution in [3.63, 3.8) is 0 Å². The largest absolute Gasteiger partial charge is 0.508 e. The van der Waals surface area contributed by atoms with Gasteiger partial charge in [-0.1, -0.05) is 62.2 Å². The highest BCUT2D eigenvalue weighted by atomic mass is 16.5. The molecule has 0 aliphatic heterocycles. The summed E-state index contributed by atoms with van der Waals surface area (Å²) < 4.78 is 5.69. The number of ether oxygens (including phenoxy) is 1. The van der Waals surface area contributed by atoms with Gasteiger partial charge in [0.25, 0.3) is 0 Å². The Labute approximate surface area is 126 Å². The van der Waals surface area contributed by atoms with Gasteiger partial charge in [-0.25, -0.2) is 0 Å². The fraction of sp³-hybridized carbons (Fsp3) is 0.263. The van der Waals surface area contributed by atoms with Crippen LogP contribution in [0.5, 0.6) is 11.5 Å². The number of phenolic OH excluding ortho intramolecular Hbond substituents is 1. The average molecular weight is 282 g/mol. The summed E-state index contributed by atoms with van der Waals surface area (Å²) >= 11 is 0. The van der Waals surface area contributed by atoms with Crippen LogP contribution in [0.1, 0.15) is 37.3 Å². The Morgan fingerprint density at radius 2 is 1.71 bits per heavy atom. The van der Waals surface area contributed by atoms with Gasteiger partial charge in [-0.05, 0) is 29.7 Å². The SMILES string of the molecule is CCCCCOc1cc(O)cc(/C=C/c2ccccc2)c1. The third-order valence-corrected chi connectivity index (χ3v) is 3.20. The van der Waals surface area contributed by atoms with Crippen LogP contribution in [0.15, 0.2) is 48.5 Å². The second-order valence-corrected chi connectivity index (χ2v) is 5.06. The first kappa shape index (κ1) is 15.2. The molecule has 2 nitrogen and oxygen atoms in total. The number of benzene rings is 2. The van der Waals surface area contributed by atoms with Crippen LogP contribution in [0.25, 0.3) is 12.2 Å². The zero-order valence-electron chi connectivity index (χ0n) is 12.5. The van der Waals surface area contributed by atoms with Crippen LogP contribution in [0.2, 0.25) is 0 Å². The highest BCUT2D eigenvalue weighted by Gasteiger charge is 1.99. The van der Waals surface area contributed by atoms with Crippen LogP contribution in [0.3, 0.4) is 0 Å². The molecule has 0 spiro atoms. The first-order valence-corrected chi connectivity index (χ1v) is 7.48. The zero-order valence-corrected chi connectivity index (χ0v) is 12.5. The lowest BCUT2D eigenvalue weighted by atomic mass is 10.1. The summed E-state index contributed by atoms with van der Waals surface area (Å²) in [7, 11) is 0. The Kier molecular flexibility index (Phi) is 5.89. The molecule has 1 N–H and O–H groups in total. The summed E-state index contributed by atoms with van der Waals surface area (Å²) in [6.45, 7) is 2.86. The van der Waals surface area contributed by atoms with Gasteiger partial charge in [-0.3, -0.25) is 0 Å². The second kappa shape index (κ2) is 8.15. The zero-order chi connectivity index (χ0) is 14.9. The van der Waals surface area contributed by atoms with E-state index in [1.165, 1.54) is 12.8 Å². The Balaban J connectivity index is 2.03. The maximum absolute atomic E-state index is 9.78. The van der Waals surface area contributed by atoms with E-state index in [4.69, 9.17) is 4.74 Å². The van der Waals surface area contributed by atoms with Crippen LogP contribution in [-0.4, -0.2) is 11.7 Å². The van der Waals surface area contributed by atoms with Crippen molar-refractivity contribution in [2.75, 3.05) is 6.61 Å². The highest BCUT2D eigenvalue weighted by molar-refractivity contribution is 5.70. The van der Waals surface area contributed by atoms with E-state index in [9.17, 15) is 5.11 Å². The van der Waals surface area contributed by atoms with Crippen LogP contribution >= 0.6 is 0 Å². The van der Waals surface area contributed by atoms with E-state index >= 15 is 0 Å². The van der Waals surface area contributed by atoms with Gasteiger partial charge in [0.05, 0.1) is 6.61 Å². The van der Waals surface area contributed by atoms with Gasteiger partial charge < -0.3 is 9.84 Å². The van der Waals surface area contributed by atoms with Crippen molar-refractivity contribution >= 4 is 12.2 Å². The lowest BCUT2D eigenvalue weighted by Crippen LogP contribution is -1.97. The van der Waals surface area contributed by atoms with Crippen LogP contribution < -0.4 is 4.74 Å². The molecule has 21 heavy (non-hydrogen) atoms. The molecule has 0 amide bonds. The van der Waals surface area contributed by atoms with Gasteiger partial charge in [0.15, 0.2) is 0 Å². The molecule has 0 fully saturated rings. The van der Waals surface area contributed by atoms with Gasteiger partial charge in [0, 0.05) is 6.07 Å². The maximum Gasteiger partial charge on any atom is 0.123 e. The van der Waals surface area contributed by atoms with Crippen molar-refractivity contribution in [2.24, 2.45) is 0 Å². The molecule has 2 heteroatoms. The third kappa shape index (κ3) is 5.35. The first-order valence-electron chi connectivity index (χ1n) is 7.48. The molecule has 0 unspecified atom stereocenters. The standard InChI is InChI=1S/C19H22O2/c1-2-3-7-12-21-19-14-17(13-18(20)15-19)11-10-16-8-5-4-6-9-16/h4-6,8-11,13-15,20H,2-3,7,12H2,1H3/b11-10+. The third-order valence-electron chi connectivity index (χ3n) is 3.20. The van der Waals surface area contributed by atoms with Crippen molar-refractivity contribution < 1.29 is 9.84 Å². The molecule has 0 aromatic heterocycles. The maximum atomic E-state index is 9.78. The van der Waals surface area contributed by atoms with Gasteiger partial charge in [-0.2, -0.15) is 0 Å². The molecule has 0 aliphatic rings. The van der Waals surface area contributed by atoms with Crippen molar-refractivity contribution in [3.8, 4) is 11.5 Å². The molecule has 2 rings (SSSR count). The van der Waals surface area contributed by atoms with E-state index in [1.807, 2.05) is 48.6 Å². The highest BCUT2D eigenvalue weighted by Crippen LogP contribution is 2.23. The van der Waals surface area contributed by atoms with Gasteiger partial charge in [0.1, 0.15) is 11.5 Å². The number of rotatable bonds is 7. The number of unbranched alkanes of at least 4 members (excludes halogenated alkanes) is 2. The van der Waals surface area contributed by atoms with Crippen molar-refractivity contribution in [3.05, 3.63) is 59.7 Å². The van der Waals surface area contributed by atoms with Crippen molar-refractivity contribution in [1.82, 2.24) is 0 Å². The van der Waals surface area contributed by atoms with E-state index in [1.54, 1.807) is 12.1 Å². The van der Waals surface area contributed by atoms with Gasteiger partial charge in [0.2, 0.25) is 0 Å². The molecule has 0 bridgehead atoms. The van der Waals surface area contributed by atoms with E-state index in [0.29, 0.717) is 6.61 Å². The summed E-state index contributed by atoms with van der Waals surface area (Å²) in [5, 5.41) is 9.78. The van der Waals surface area contributed by atoms with Crippen LogP contribution in [-0.2, 0) is 0 Å². The molecular weight excluding hydrogens is 260 g/mol. The fourth-order valence-corrected chi connectivity index (χ4v) is 2.08. The van der Waals surface area contributed by atoms with Crippen molar-refractivity contribution in [1.29, 1.82) is 0 Å². The molecule has 0 heterocycles. The number of phenols is 1. The Morgan fingerprint density at radius 1 is 0.952 bits per heavy atom. The van der Waals surface area contributed by atoms with E-state index in [2.05, 4.69) is 6.92 Å². The van der Waals surface area contributed by atoms with Gasteiger partial charge in [-0.15, -0.1) is 0 Å². The summed E-state index contributed by atoms with van der Waals surface area (Å²) in [6, 6.07) is 15.4. The number of aromatic hydroxyl groups is 1. The normalized spacial score (nSPS) is 10.9. The minimum atomic E-state index is 0.232. The fourth-order valence-electron chi connectivity index (χ4n) is 2.08. The Morgan fingerprint density at radius 3 is 2.48 bits per heavy atom. The predicted molar refractivity (Wildman–Crippen MR) is 88.5 cm³/mol. The average Bonchev–Trinajstić information content (AvgIpc) is 2.50. The summed E-state index contributed by atoms with van der Waals surface area (Å²) in [4.78, 5) is 0. The summed E-state index contributed by atoms with van der Waals surface area (Å²) in [6.07, 6.45) is 7.39. The molecule has 110 valence electrons. The van der Waals surface area contributed by atoms with Crippen LogP contribution in [0, 0.1) is 0 Å². The number of hydrogen-bond donors (Lipinski definition) is 1. The molecule has 0 radical (unpaired) electrons. The molecular formula is C19H22O2. The van der Waals surface area contributed by atoms with E-state index < -0.39 is 0 Å². The minimum absolute atomic E-state index is 0.232. The predicted octanol–water partition coefficient (Wildman–Crippen LogP) is 5.13. The molecule has 0 atom stereocenters. The first-order chi connectivity index (χ1) is 10.3. The van der Waals surface area contributed by atoms with Crippen LogP contribution in [0.4, 0.5) is 0 Å². The minimum Gasteiger partial charge on any atom is -0.508 e.